The maximum Gasteiger partial charge on any atom is 0.325 e. The molecule has 244 valence electrons. The molecule has 1 aromatic heterocycles. The first-order valence-electron chi connectivity index (χ1n) is 14.9. The van der Waals surface area contributed by atoms with Crippen LogP contribution < -0.4 is 21.7 Å². The molecule has 0 radical (unpaired) electrons. The van der Waals surface area contributed by atoms with Crippen LogP contribution in [0.5, 0.6) is 0 Å². The number of H-pyrrole nitrogens is 2. The van der Waals surface area contributed by atoms with E-state index in [1.165, 1.54) is 0 Å². The molecule has 4 atom stereocenters. The van der Waals surface area contributed by atoms with Gasteiger partial charge in [-0.1, -0.05) is 71.9 Å². The van der Waals surface area contributed by atoms with Crippen LogP contribution in [0, 0.1) is 6.92 Å². The minimum absolute atomic E-state index is 0.00210. The van der Waals surface area contributed by atoms with Crippen LogP contribution in [-0.2, 0) is 23.6 Å². The van der Waals surface area contributed by atoms with Crippen molar-refractivity contribution in [1.29, 1.82) is 0 Å². The van der Waals surface area contributed by atoms with Gasteiger partial charge < -0.3 is 24.3 Å². The molecule has 5 N–H and O–H groups in total. The minimum atomic E-state index is -4.18. The van der Waals surface area contributed by atoms with E-state index < -0.39 is 61.8 Å². The van der Waals surface area contributed by atoms with Gasteiger partial charge in [-0.3, -0.25) is 9.78 Å². The lowest BCUT2D eigenvalue weighted by Crippen LogP contribution is -2.64. The van der Waals surface area contributed by atoms with Crippen LogP contribution in [0.3, 0.4) is 0 Å². The first-order valence-corrected chi connectivity index (χ1v) is 22.2. The second-order valence-corrected chi connectivity index (χ2v) is 26.1. The summed E-state index contributed by atoms with van der Waals surface area (Å²) in [6.07, 6.45) is -3.07. The Balaban J connectivity index is 2.04. The van der Waals surface area contributed by atoms with Gasteiger partial charge >= 0.3 is 5.69 Å². The van der Waals surface area contributed by atoms with E-state index in [-0.39, 0.29) is 38.5 Å². The van der Waals surface area contributed by atoms with Gasteiger partial charge in [0.05, 0.1) is 18.0 Å². The number of rotatable bonds is 7. The number of ether oxygens (including phenoxy) is 1. The Bertz CT molecular complexity index is 1670. The lowest BCUT2D eigenvalue weighted by atomic mass is 9.83. The monoisotopic (exact) mass is 664 g/mol. The lowest BCUT2D eigenvalue weighted by molar-refractivity contribution is -0.0120. The van der Waals surface area contributed by atoms with Gasteiger partial charge in [0, 0.05) is 5.56 Å². The number of aromatic nitrogens is 2. The van der Waals surface area contributed by atoms with E-state index in [0.717, 1.165) is 0 Å². The fourth-order valence-corrected chi connectivity index (χ4v) is 9.29. The van der Waals surface area contributed by atoms with Gasteiger partial charge in [0.25, 0.3) is 5.56 Å². The summed E-state index contributed by atoms with van der Waals surface area (Å²) in [6.45, 7) is 22.4. The van der Waals surface area contributed by atoms with Gasteiger partial charge in [0.1, 0.15) is 28.8 Å². The number of hydrogen-bond acceptors (Lipinski definition) is 8. The smallest absolute Gasteiger partial charge is 0.325 e. The van der Waals surface area contributed by atoms with Crippen LogP contribution in [0.2, 0.25) is 36.3 Å². The molecule has 44 heavy (non-hydrogen) atoms. The fourth-order valence-electron chi connectivity index (χ4n) is 5.18. The average Bonchev–Trinajstić information content (AvgIpc) is 3.28. The van der Waals surface area contributed by atoms with Crippen LogP contribution in [0.25, 0.3) is 4.91 Å². The zero-order valence-corrected chi connectivity index (χ0v) is 30.5. The summed E-state index contributed by atoms with van der Waals surface area (Å²) in [5.74, 6) is 0. The van der Waals surface area contributed by atoms with Gasteiger partial charge in [-0.15, -0.1) is 0 Å². The topological polar surface area (TPSA) is 166 Å². The van der Waals surface area contributed by atoms with E-state index in [9.17, 15) is 18.0 Å². The van der Waals surface area contributed by atoms with Crippen molar-refractivity contribution >= 4 is 31.6 Å². The van der Waals surface area contributed by atoms with Crippen LogP contribution in [0.1, 0.15) is 64.5 Å². The Hall–Kier alpha value is -2.34. The highest BCUT2D eigenvalue weighted by molar-refractivity contribution is 7.99. The Labute approximate surface area is 262 Å². The standard InChI is InChI=1S/C30H48N4O7SSi2/c1-18-21(32-27(36)33-26(18)35)22-25(41-44(10,11)29(5,6)7)30(20(40-22)17-39-43(8,9)28(2,3)4)24(31)23(42(37,38)34-30)19-15-13-12-14-16-19/h12-16,20,22,25,34H,17,31H2,1-11H3,(H2,32,33,35,36)/t20-,22-,25-,30-/m0/s1. The molecule has 1 aromatic carbocycles. The van der Waals surface area contributed by atoms with Gasteiger partial charge in [-0.05, 0) is 48.8 Å². The molecule has 0 aliphatic carbocycles. The van der Waals surface area contributed by atoms with E-state index in [2.05, 4.69) is 69.3 Å². The number of sulfonamides is 1. The van der Waals surface area contributed by atoms with E-state index >= 15 is 0 Å². The predicted octanol–water partition coefficient (Wildman–Crippen LogP) is 4.22. The normalized spacial score (nSPS) is 26.1. The Morgan fingerprint density at radius 3 is 2.07 bits per heavy atom. The molecule has 14 heteroatoms. The van der Waals surface area contributed by atoms with E-state index in [0.29, 0.717) is 5.56 Å². The summed E-state index contributed by atoms with van der Waals surface area (Å²) in [7, 11) is -9.23. The number of benzene rings is 1. The molecule has 11 nitrogen and oxygen atoms in total. The summed E-state index contributed by atoms with van der Waals surface area (Å²) in [4.78, 5) is 30.3. The molecule has 2 aliphatic rings. The molecule has 3 heterocycles. The molecule has 1 spiro atoms. The molecule has 0 amide bonds. The van der Waals surface area contributed by atoms with Crippen molar-refractivity contribution in [3.63, 3.8) is 0 Å². The lowest BCUT2D eigenvalue weighted by Gasteiger charge is -2.44. The summed E-state index contributed by atoms with van der Waals surface area (Å²) >= 11 is 0. The molecule has 1 fully saturated rings. The van der Waals surface area contributed by atoms with Crippen molar-refractivity contribution in [2.75, 3.05) is 6.61 Å². The second kappa shape index (κ2) is 11.2. The molecular formula is C30H48N4O7SSi2. The highest BCUT2D eigenvalue weighted by atomic mass is 32.2. The molecule has 0 bridgehead atoms. The van der Waals surface area contributed by atoms with Gasteiger partial charge in [-0.2, -0.15) is 4.72 Å². The van der Waals surface area contributed by atoms with Gasteiger partial charge in [0.2, 0.25) is 10.0 Å². The third kappa shape index (κ3) is 5.85. The van der Waals surface area contributed by atoms with Crippen molar-refractivity contribution in [2.24, 2.45) is 5.73 Å². The highest BCUT2D eigenvalue weighted by Gasteiger charge is 2.67. The van der Waals surface area contributed by atoms with Crippen molar-refractivity contribution in [1.82, 2.24) is 14.7 Å². The van der Waals surface area contributed by atoms with Crippen LogP contribution in [0.4, 0.5) is 0 Å². The summed E-state index contributed by atoms with van der Waals surface area (Å²) in [5.41, 5.74) is 5.02. The second-order valence-electron chi connectivity index (χ2n) is 14.9. The van der Waals surface area contributed by atoms with E-state index in [1.54, 1.807) is 37.3 Å². The average molecular weight is 665 g/mol. The summed E-state index contributed by atoms with van der Waals surface area (Å²) in [6, 6.07) is 8.67. The largest absolute Gasteiger partial charge is 0.414 e. The van der Waals surface area contributed by atoms with E-state index in [1.807, 2.05) is 13.1 Å². The summed E-state index contributed by atoms with van der Waals surface area (Å²) in [5, 5.41) is -0.432. The molecule has 0 saturated carbocycles. The Morgan fingerprint density at radius 2 is 1.52 bits per heavy atom. The molecule has 0 unspecified atom stereocenters. The van der Waals surface area contributed by atoms with E-state index in [4.69, 9.17) is 19.3 Å². The van der Waals surface area contributed by atoms with Gasteiger partial charge in [-0.25, -0.2) is 13.2 Å². The number of nitrogens with one attached hydrogen (secondary N) is 3. The molecular weight excluding hydrogens is 617 g/mol. The zero-order valence-electron chi connectivity index (χ0n) is 27.7. The molecule has 4 rings (SSSR count). The van der Waals surface area contributed by atoms with Crippen molar-refractivity contribution < 1.29 is 22.0 Å². The zero-order chi connectivity index (χ0) is 33.3. The minimum Gasteiger partial charge on any atom is -0.414 e. The maximum absolute atomic E-state index is 14.1. The Kier molecular flexibility index (Phi) is 8.77. The number of nitrogens with two attached hydrogens (primary N) is 1. The third-order valence-electron chi connectivity index (χ3n) is 9.97. The SMILES string of the molecule is Cc1c([C@@H]2O[C@@H](CO[Si](C)(C)C(C)(C)C)[C@@]3(NS(=O)(=O)C(c4ccccc4)=C3N)[C@H]2O[Si](C)(C)C(C)(C)C)[nH]c(=O)[nH]c1=O. The van der Waals surface area contributed by atoms with Crippen molar-refractivity contribution in [3.05, 3.63) is 73.7 Å². The van der Waals surface area contributed by atoms with Crippen LogP contribution in [-0.4, -0.2) is 59.4 Å². The van der Waals surface area contributed by atoms with Gasteiger partial charge in [0.15, 0.2) is 16.6 Å². The maximum atomic E-state index is 14.1. The summed E-state index contributed by atoms with van der Waals surface area (Å²) < 4.78 is 51.5. The first-order chi connectivity index (χ1) is 20.0. The molecule has 2 aromatic rings. The predicted molar refractivity (Wildman–Crippen MR) is 178 cm³/mol. The Morgan fingerprint density at radius 1 is 0.955 bits per heavy atom. The fraction of sp³-hybridized carbons (Fsp3) is 0.600. The number of hydrogen-bond donors (Lipinski definition) is 4. The van der Waals surface area contributed by atoms with Crippen LogP contribution >= 0.6 is 0 Å². The highest BCUT2D eigenvalue weighted by Crippen LogP contribution is 2.53. The van der Waals surface area contributed by atoms with Crippen molar-refractivity contribution in [3.8, 4) is 0 Å². The molecule has 2 aliphatic heterocycles. The molecule has 1 saturated heterocycles. The quantitative estimate of drug-likeness (QED) is 0.320. The van der Waals surface area contributed by atoms with Crippen molar-refractivity contribution in [2.45, 2.75) is 109 Å². The number of aromatic amines is 2. The van der Waals surface area contributed by atoms with Crippen LogP contribution in [0.15, 0.2) is 45.6 Å². The first kappa shape index (κ1) is 34.5. The third-order valence-corrected chi connectivity index (χ3v) is 20.5.